The van der Waals surface area contributed by atoms with Gasteiger partial charge in [0.15, 0.2) is 9.84 Å². The highest BCUT2D eigenvalue weighted by Gasteiger charge is 2.34. The Kier molecular flexibility index (Phi) is 6.77. The second-order valence-electron chi connectivity index (χ2n) is 5.65. The molecular weight excluding hydrogens is 346 g/mol. The molecule has 0 bridgehead atoms. The first-order chi connectivity index (χ1) is 11.9. The number of hydrogen-bond acceptors (Lipinski definition) is 6. The van der Waals surface area contributed by atoms with Gasteiger partial charge < -0.3 is 19.7 Å². The fourth-order valence-corrected chi connectivity index (χ4v) is 4.25. The van der Waals surface area contributed by atoms with Crippen molar-refractivity contribution >= 4 is 21.6 Å². The van der Waals surface area contributed by atoms with E-state index in [9.17, 15) is 13.2 Å². The van der Waals surface area contributed by atoms with Crippen LogP contribution in [-0.2, 0) is 14.6 Å². The third kappa shape index (κ3) is 5.71. The molecule has 0 unspecified atom stereocenters. The van der Waals surface area contributed by atoms with Crippen molar-refractivity contribution in [2.75, 3.05) is 43.7 Å². The van der Waals surface area contributed by atoms with Gasteiger partial charge in [-0.2, -0.15) is 0 Å². The minimum atomic E-state index is -3.08. The van der Waals surface area contributed by atoms with Crippen LogP contribution in [0.15, 0.2) is 31.0 Å². The maximum Gasteiger partial charge on any atom is 0.322 e. The minimum Gasteiger partial charge on any atom is -0.475 e. The Morgan fingerprint density at radius 2 is 2.28 bits per heavy atom. The zero-order chi connectivity index (χ0) is 18.3. The fraction of sp³-hybridized carbons (Fsp3) is 0.500. The van der Waals surface area contributed by atoms with Gasteiger partial charge in [-0.05, 0) is 12.5 Å². The number of aromatic nitrogens is 1. The molecule has 0 aromatic carbocycles. The number of urea groups is 1. The summed E-state index contributed by atoms with van der Waals surface area (Å²) in [5.41, 5.74) is 0.499. The topological polar surface area (TPSA) is 97.8 Å². The van der Waals surface area contributed by atoms with Crippen molar-refractivity contribution < 1.29 is 22.7 Å². The smallest absolute Gasteiger partial charge is 0.322 e. The predicted octanol–water partition coefficient (Wildman–Crippen LogP) is 1.31. The molecule has 0 radical (unpaired) electrons. The first-order valence-corrected chi connectivity index (χ1v) is 9.74. The van der Waals surface area contributed by atoms with E-state index in [1.165, 1.54) is 11.1 Å². The minimum absolute atomic E-state index is 0.0151. The number of pyridine rings is 1. The van der Waals surface area contributed by atoms with Gasteiger partial charge in [0.25, 0.3) is 0 Å². The van der Waals surface area contributed by atoms with Crippen molar-refractivity contribution in [2.24, 2.45) is 0 Å². The van der Waals surface area contributed by atoms with Gasteiger partial charge in [-0.15, -0.1) is 6.58 Å². The lowest BCUT2D eigenvalue weighted by Gasteiger charge is -2.27. The maximum atomic E-state index is 12.5. The maximum absolute atomic E-state index is 12.5. The van der Waals surface area contributed by atoms with E-state index in [1.54, 1.807) is 25.3 Å². The van der Waals surface area contributed by atoms with Crippen LogP contribution in [0.5, 0.6) is 5.88 Å². The molecule has 0 spiro atoms. The third-order valence-electron chi connectivity index (χ3n) is 3.76. The van der Waals surface area contributed by atoms with Gasteiger partial charge in [-0.25, -0.2) is 18.2 Å². The standard InChI is InChI=1S/C16H23N3O5S/c1-3-7-19(14-6-10-25(21,22)12-14)16(20)18-13-4-5-15(17-11-13)24-9-8-23-2/h3-5,11,14H,1,6-10,12H2,2H3,(H,18,20)/t14-/m1/s1. The molecular formula is C16H23N3O5S. The molecule has 2 rings (SSSR count). The molecule has 2 amide bonds. The Balaban J connectivity index is 1.97. The second kappa shape index (κ2) is 8.82. The van der Waals surface area contributed by atoms with E-state index in [0.717, 1.165) is 0 Å². The molecule has 1 aromatic rings. The molecule has 1 aliphatic rings. The fourth-order valence-electron chi connectivity index (χ4n) is 2.52. The Bertz CT molecular complexity index is 690. The molecule has 1 saturated heterocycles. The first-order valence-electron chi connectivity index (χ1n) is 7.92. The van der Waals surface area contributed by atoms with Gasteiger partial charge in [0.1, 0.15) is 6.61 Å². The average molecular weight is 369 g/mol. The van der Waals surface area contributed by atoms with Crippen molar-refractivity contribution in [2.45, 2.75) is 12.5 Å². The molecule has 25 heavy (non-hydrogen) atoms. The molecule has 1 atom stereocenters. The van der Waals surface area contributed by atoms with E-state index in [1.807, 2.05) is 0 Å². The molecule has 1 fully saturated rings. The van der Waals surface area contributed by atoms with Crippen LogP contribution in [0, 0.1) is 0 Å². The van der Waals surface area contributed by atoms with Crippen LogP contribution in [0.25, 0.3) is 0 Å². The van der Waals surface area contributed by atoms with Crippen LogP contribution in [0.2, 0.25) is 0 Å². The van der Waals surface area contributed by atoms with Crippen LogP contribution >= 0.6 is 0 Å². The monoisotopic (exact) mass is 369 g/mol. The molecule has 0 saturated carbocycles. The summed E-state index contributed by atoms with van der Waals surface area (Å²) in [4.78, 5) is 18.1. The summed E-state index contributed by atoms with van der Waals surface area (Å²) in [6.45, 7) is 4.76. The lowest BCUT2D eigenvalue weighted by Crippen LogP contribution is -2.43. The van der Waals surface area contributed by atoms with Crippen LogP contribution < -0.4 is 10.1 Å². The number of nitrogens with zero attached hydrogens (tertiary/aromatic N) is 2. The summed E-state index contributed by atoms with van der Waals surface area (Å²) in [6.07, 6.45) is 3.50. The zero-order valence-electron chi connectivity index (χ0n) is 14.2. The number of ether oxygens (including phenoxy) is 2. The van der Waals surface area contributed by atoms with E-state index in [2.05, 4.69) is 16.9 Å². The number of nitrogens with one attached hydrogen (secondary N) is 1. The second-order valence-corrected chi connectivity index (χ2v) is 7.88. The Morgan fingerprint density at radius 3 is 2.84 bits per heavy atom. The normalized spacial score (nSPS) is 18.5. The molecule has 1 N–H and O–H groups in total. The number of amides is 2. The highest BCUT2D eigenvalue weighted by Crippen LogP contribution is 2.19. The summed E-state index contributed by atoms with van der Waals surface area (Å²) < 4.78 is 33.6. The number of rotatable bonds is 8. The van der Waals surface area contributed by atoms with Gasteiger partial charge in [0.2, 0.25) is 5.88 Å². The van der Waals surface area contributed by atoms with Gasteiger partial charge in [0.05, 0.1) is 30.0 Å². The summed E-state index contributed by atoms with van der Waals surface area (Å²) in [6, 6.07) is 2.60. The molecule has 1 aromatic heterocycles. The highest BCUT2D eigenvalue weighted by atomic mass is 32.2. The van der Waals surface area contributed by atoms with Crippen LogP contribution in [0.1, 0.15) is 6.42 Å². The summed E-state index contributed by atoms with van der Waals surface area (Å²) >= 11 is 0. The van der Waals surface area contributed by atoms with Crippen LogP contribution in [0.3, 0.4) is 0 Å². The molecule has 1 aliphatic heterocycles. The van der Waals surface area contributed by atoms with Crippen molar-refractivity contribution in [1.29, 1.82) is 0 Å². The van der Waals surface area contributed by atoms with E-state index >= 15 is 0 Å². The predicted molar refractivity (Wildman–Crippen MR) is 94.6 cm³/mol. The van der Waals surface area contributed by atoms with Crippen LogP contribution in [-0.4, -0.2) is 68.7 Å². The Labute approximate surface area is 147 Å². The quantitative estimate of drug-likeness (QED) is 0.548. The lowest BCUT2D eigenvalue weighted by molar-refractivity contribution is 0.144. The highest BCUT2D eigenvalue weighted by molar-refractivity contribution is 7.91. The zero-order valence-corrected chi connectivity index (χ0v) is 15.0. The number of sulfone groups is 1. The summed E-state index contributed by atoms with van der Waals surface area (Å²) in [5, 5.41) is 2.73. The van der Waals surface area contributed by atoms with E-state index < -0.39 is 9.84 Å². The molecule has 2 heterocycles. The molecule has 138 valence electrons. The number of carbonyl (C=O) groups is 1. The molecule has 8 nitrogen and oxygen atoms in total. The Morgan fingerprint density at radius 1 is 1.48 bits per heavy atom. The van der Waals surface area contributed by atoms with E-state index in [-0.39, 0.29) is 30.1 Å². The van der Waals surface area contributed by atoms with Gasteiger partial charge in [-0.1, -0.05) is 6.08 Å². The number of hydrogen-bond donors (Lipinski definition) is 1. The number of anilines is 1. The van der Waals surface area contributed by atoms with Crippen molar-refractivity contribution in [1.82, 2.24) is 9.88 Å². The molecule has 9 heteroatoms. The third-order valence-corrected chi connectivity index (χ3v) is 5.51. The van der Waals surface area contributed by atoms with Gasteiger partial charge in [0, 0.05) is 25.8 Å². The van der Waals surface area contributed by atoms with E-state index in [0.29, 0.717) is 31.2 Å². The van der Waals surface area contributed by atoms with Gasteiger partial charge in [-0.3, -0.25) is 0 Å². The SMILES string of the molecule is C=CCN(C(=O)Nc1ccc(OCCOC)nc1)[C@@H]1CCS(=O)(=O)C1. The molecule has 0 aliphatic carbocycles. The summed E-state index contributed by atoms with van der Waals surface area (Å²) in [7, 11) is -1.49. The van der Waals surface area contributed by atoms with Crippen molar-refractivity contribution in [3.63, 3.8) is 0 Å². The van der Waals surface area contributed by atoms with Crippen molar-refractivity contribution in [3.05, 3.63) is 31.0 Å². The lowest BCUT2D eigenvalue weighted by atomic mass is 10.2. The number of methoxy groups -OCH3 is 1. The van der Waals surface area contributed by atoms with Gasteiger partial charge >= 0.3 is 6.03 Å². The van der Waals surface area contributed by atoms with Crippen LogP contribution in [0.4, 0.5) is 10.5 Å². The number of carbonyl (C=O) groups excluding carboxylic acids is 1. The summed E-state index contributed by atoms with van der Waals surface area (Å²) in [5.74, 6) is 0.520. The Hall–Kier alpha value is -2.13. The average Bonchev–Trinajstić information content (AvgIpc) is 2.94. The first kappa shape index (κ1) is 19.2. The van der Waals surface area contributed by atoms with Crippen molar-refractivity contribution in [3.8, 4) is 5.88 Å². The van der Waals surface area contributed by atoms with E-state index in [4.69, 9.17) is 9.47 Å². The largest absolute Gasteiger partial charge is 0.475 e.